The number of morpholine rings is 1. The van der Waals surface area contributed by atoms with Gasteiger partial charge in [0.05, 0.1) is 11.0 Å². The Balaban J connectivity index is 1.17. The van der Waals surface area contributed by atoms with Gasteiger partial charge in [-0.05, 0) is 66.4 Å². The van der Waals surface area contributed by atoms with Crippen molar-refractivity contribution >= 4 is 27.3 Å². The molecule has 0 aliphatic carbocycles. The fraction of sp³-hybridized carbons (Fsp3) is 0.265. The van der Waals surface area contributed by atoms with Crippen LogP contribution in [0.3, 0.4) is 0 Å². The number of aryl methyl sites for hydroxylation is 1. The van der Waals surface area contributed by atoms with E-state index < -0.39 is 16.1 Å². The van der Waals surface area contributed by atoms with E-state index in [1.54, 1.807) is 12.1 Å². The van der Waals surface area contributed by atoms with Crippen molar-refractivity contribution in [2.75, 3.05) is 30.3 Å². The van der Waals surface area contributed by atoms with Crippen LogP contribution in [0.1, 0.15) is 17.5 Å². The van der Waals surface area contributed by atoms with Crippen molar-refractivity contribution in [1.29, 1.82) is 0 Å². The van der Waals surface area contributed by atoms with Crippen LogP contribution >= 0.6 is 0 Å². The van der Waals surface area contributed by atoms with Gasteiger partial charge < -0.3 is 25.4 Å². The van der Waals surface area contributed by atoms with Gasteiger partial charge in [-0.25, -0.2) is 13.6 Å². The number of anilines is 2. The minimum Gasteiger partial charge on any atom is -0.491 e. The van der Waals surface area contributed by atoms with E-state index in [0.717, 1.165) is 35.3 Å². The summed E-state index contributed by atoms with van der Waals surface area (Å²) < 4.78 is 35.1. The predicted molar refractivity (Wildman–Crippen MR) is 172 cm³/mol. The molecule has 0 radical (unpaired) electrons. The van der Waals surface area contributed by atoms with Gasteiger partial charge in [-0.2, -0.15) is 0 Å². The molecule has 1 fully saturated rings. The van der Waals surface area contributed by atoms with Gasteiger partial charge in [0, 0.05) is 30.9 Å². The molecule has 0 bridgehead atoms. The highest BCUT2D eigenvalue weighted by Crippen LogP contribution is 2.22. The molecule has 5 rings (SSSR count). The fourth-order valence-corrected chi connectivity index (χ4v) is 5.66. The third kappa shape index (κ3) is 9.14. The molecule has 44 heavy (non-hydrogen) atoms. The average Bonchev–Trinajstić information content (AvgIpc) is 3.04. The number of primary sulfonamides is 1. The van der Waals surface area contributed by atoms with E-state index in [2.05, 4.69) is 16.0 Å². The first-order valence-corrected chi connectivity index (χ1v) is 16.2. The molecule has 0 aromatic heterocycles. The molecule has 1 aliphatic rings. The molecule has 1 aliphatic heterocycles. The number of para-hydroxylation sites is 2. The van der Waals surface area contributed by atoms with E-state index in [1.807, 2.05) is 84.9 Å². The van der Waals surface area contributed by atoms with Gasteiger partial charge in [0.1, 0.15) is 24.5 Å². The van der Waals surface area contributed by atoms with Gasteiger partial charge in [-0.1, -0.05) is 66.7 Å². The van der Waals surface area contributed by atoms with Crippen molar-refractivity contribution in [2.45, 2.75) is 42.4 Å². The predicted octanol–water partition coefficient (Wildman–Crippen LogP) is 4.36. The van der Waals surface area contributed by atoms with Gasteiger partial charge in [-0.3, -0.25) is 4.79 Å². The third-order valence-electron chi connectivity index (χ3n) is 7.44. The first-order valence-electron chi connectivity index (χ1n) is 14.7. The minimum atomic E-state index is -3.75. The Hall–Kier alpha value is -4.22. The molecule has 4 aromatic rings. The van der Waals surface area contributed by atoms with Crippen LogP contribution in [-0.2, 0) is 32.4 Å². The summed E-state index contributed by atoms with van der Waals surface area (Å²) in [5.41, 5.74) is 3.79. The maximum absolute atomic E-state index is 13.6. The fourth-order valence-electron chi connectivity index (χ4n) is 5.15. The molecule has 0 unspecified atom stereocenters. The molecule has 0 spiro atoms. The number of carbonyl (C=O) groups excluding carboxylic acids is 1. The molecule has 9 nitrogen and oxygen atoms in total. The number of carbonyl (C=O) groups is 1. The lowest BCUT2D eigenvalue weighted by atomic mass is 10.0. The standard InChI is InChI=1S/C34H38N4O5S/c35-44(40,41)31-19-17-28(18-20-31)42-24-30-23-36-22-29(43-30)16-15-26-11-7-8-14-32(26)38-34(39)33(21-25-9-3-1-4-10-25)37-27-12-5-2-6-13-27/h1-14,17-20,29-30,33,36-37H,15-16,21-24H2,(H,38,39)(H2,35,40,41)/t29-,30+,33+/m1/s1. The van der Waals surface area contributed by atoms with E-state index in [9.17, 15) is 13.2 Å². The Morgan fingerprint density at radius 3 is 2.27 bits per heavy atom. The van der Waals surface area contributed by atoms with Crippen LogP contribution < -0.4 is 25.8 Å². The highest BCUT2D eigenvalue weighted by molar-refractivity contribution is 7.89. The van der Waals surface area contributed by atoms with Crippen molar-refractivity contribution in [2.24, 2.45) is 5.14 Å². The summed E-state index contributed by atoms with van der Waals surface area (Å²) in [4.78, 5) is 13.7. The van der Waals surface area contributed by atoms with Crippen LogP contribution in [0.15, 0.2) is 114 Å². The number of sulfonamides is 1. The summed E-state index contributed by atoms with van der Waals surface area (Å²) >= 11 is 0. The topological polar surface area (TPSA) is 132 Å². The summed E-state index contributed by atoms with van der Waals surface area (Å²) in [6, 6.07) is 33.2. The first kappa shape index (κ1) is 31.2. The summed E-state index contributed by atoms with van der Waals surface area (Å²) in [5, 5.41) is 15.2. The summed E-state index contributed by atoms with van der Waals surface area (Å²) in [6.45, 7) is 1.69. The third-order valence-corrected chi connectivity index (χ3v) is 8.37. The zero-order chi connectivity index (χ0) is 30.8. The SMILES string of the molecule is NS(=O)(=O)c1ccc(OC[C@@H]2CNC[C@@H](CCc3ccccc3NC(=O)[C@H](Cc3ccccc3)Nc3ccccc3)O2)cc1. The van der Waals surface area contributed by atoms with E-state index in [0.29, 0.717) is 31.9 Å². The number of nitrogens with two attached hydrogens (primary N) is 1. The molecule has 230 valence electrons. The Kier molecular flexibility index (Phi) is 10.6. The van der Waals surface area contributed by atoms with E-state index >= 15 is 0 Å². The maximum atomic E-state index is 13.6. The summed E-state index contributed by atoms with van der Waals surface area (Å²) in [7, 11) is -3.75. The first-order chi connectivity index (χ1) is 21.3. The second kappa shape index (κ2) is 15.0. The van der Waals surface area contributed by atoms with Crippen LogP contribution in [0.4, 0.5) is 11.4 Å². The number of amides is 1. The Morgan fingerprint density at radius 1 is 0.886 bits per heavy atom. The number of rotatable bonds is 13. The van der Waals surface area contributed by atoms with Crippen LogP contribution in [0.25, 0.3) is 0 Å². The van der Waals surface area contributed by atoms with E-state index in [4.69, 9.17) is 14.6 Å². The van der Waals surface area contributed by atoms with Gasteiger partial charge in [-0.15, -0.1) is 0 Å². The number of nitrogens with one attached hydrogen (secondary N) is 3. The van der Waals surface area contributed by atoms with Gasteiger partial charge in [0.25, 0.3) is 0 Å². The molecule has 10 heteroatoms. The minimum absolute atomic E-state index is 0.0311. The zero-order valence-electron chi connectivity index (χ0n) is 24.4. The summed E-state index contributed by atoms with van der Waals surface area (Å²) in [5.74, 6) is 0.440. The molecular weight excluding hydrogens is 576 g/mol. The average molecular weight is 615 g/mol. The number of hydrogen-bond donors (Lipinski definition) is 4. The monoisotopic (exact) mass is 614 g/mol. The van der Waals surface area contributed by atoms with Gasteiger partial charge >= 0.3 is 0 Å². The smallest absolute Gasteiger partial charge is 0.247 e. The molecule has 1 saturated heterocycles. The van der Waals surface area contributed by atoms with Crippen molar-refractivity contribution in [1.82, 2.24) is 5.32 Å². The van der Waals surface area contributed by atoms with E-state index in [1.165, 1.54) is 12.1 Å². The summed E-state index contributed by atoms with van der Waals surface area (Å²) in [6.07, 6.45) is 1.84. The highest BCUT2D eigenvalue weighted by atomic mass is 32.2. The second-order valence-corrected chi connectivity index (χ2v) is 12.4. The lowest BCUT2D eigenvalue weighted by molar-refractivity contribution is -0.116. The zero-order valence-corrected chi connectivity index (χ0v) is 25.2. The lowest BCUT2D eigenvalue weighted by Gasteiger charge is -2.31. The molecule has 4 aromatic carbocycles. The highest BCUT2D eigenvalue weighted by Gasteiger charge is 2.24. The van der Waals surface area contributed by atoms with Crippen molar-refractivity contribution in [3.8, 4) is 5.75 Å². The normalized spacial score (nSPS) is 17.4. The largest absolute Gasteiger partial charge is 0.491 e. The Labute approximate surface area is 258 Å². The Bertz CT molecular complexity index is 1560. The molecule has 1 heterocycles. The van der Waals surface area contributed by atoms with Crippen molar-refractivity contribution < 1.29 is 22.7 Å². The van der Waals surface area contributed by atoms with Crippen molar-refractivity contribution in [3.63, 3.8) is 0 Å². The van der Waals surface area contributed by atoms with Crippen LogP contribution in [0.2, 0.25) is 0 Å². The van der Waals surface area contributed by atoms with Crippen LogP contribution in [0.5, 0.6) is 5.75 Å². The van der Waals surface area contributed by atoms with Crippen molar-refractivity contribution in [3.05, 3.63) is 120 Å². The second-order valence-electron chi connectivity index (χ2n) is 10.8. The molecule has 3 atom stereocenters. The van der Waals surface area contributed by atoms with Crippen LogP contribution in [-0.4, -0.2) is 52.3 Å². The number of hydrogen-bond acceptors (Lipinski definition) is 7. The molecule has 1 amide bonds. The number of benzene rings is 4. The molecule has 0 saturated carbocycles. The lowest BCUT2D eigenvalue weighted by Crippen LogP contribution is -2.47. The maximum Gasteiger partial charge on any atom is 0.247 e. The van der Waals surface area contributed by atoms with E-state index in [-0.39, 0.29) is 23.0 Å². The Morgan fingerprint density at radius 2 is 1.55 bits per heavy atom. The number of ether oxygens (including phenoxy) is 2. The van der Waals surface area contributed by atoms with Crippen LogP contribution in [0, 0.1) is 0 Å². The molecular formula is C34H38N4O5S. The quantitative estimate of drug-likeness (QED) is 0.176. The van der Waals surface area contributed by atoms with Gasteiger partial charge in [0.2, 0.25) is 15.9 Å². The molecule has 5 N–H and O–H groups in total. The van der Waals surface area contributed by atoms with Gasteiger partial charge in [0.15, 0.2) is 0 Å².